The summed E-state index contributed by atoms with van der Waals surface area (Å²) >= 11 is 1.61. The molecule has 0 aliphatic heterocycles. The van der Waals surface area contributed by atoms with E-state index in [1.54, 1.807) is 28.1 Å². The smallest absolute Gasteiger partial charge is 0.249 e. The second-order valence-electron chi connectivity index (χ2n) is 8.87. The highest BCUT2D eigenvalue weighted by molar-refractivity contribution is 7.13. The molecule has 4 N–H and O–H groups in total. The molecule has 0 unspecified atom stereocenters. The van der Waals surface area contributed by atoms with Gasteiger partial charge >= 0.3 is 0 Å². The quantitative estimate of drug-likeness (QED) is 0.283. The van der Waals surface area contributed by atoms with Crippen LogP contribution in [0.5, 0.6) is 0 Å². The van der Waals surface area contributed by atoms with Crippen LogP contribution in [0.1, 0.15) is 43.6 Å². The third-order valence-corrected chi connectivity index (χ3v) is 7.29. The number of likely N-dealkylation sites (N-methyl/N-ethyl adjacent to an activating group) is 1. The van der Waals surface area contributed by atoms with E-state index < -0.39 is 5.91 Å². The van der Waals surface area contributed by atoms with Crippen LogP contribution in [0.15, 0.2) is 42.0 Å². The van der Waals surface area contributed by atoms with E-state index in [0.29, 0.717) is 34.7 Å². The summed E-state index contributed by atoms with van der Waals surface area (Å²) in [5.74, 6) is 0.0134. The largest absolute Gasteiger partial charge is 0.394 e. The molecule has 9 nitrogen and oxygen atoms in total. The molecule has 4 rings (SSSR count). The SMILES string of the molecule is CCN(CC)[C@@H](C)Cc1c(C(N)=O)cc(-c2cnn3ccc(-c4cccs4)nc23)nc1N[C@H](C)CO. The highest BCUT2D eigenvalue weighted by atomic mass is 32.1. The topological polar surface area (TPSA) is 122 Å². The molecule has 2 atom stereocenters. The predicted octanol–water partition coefficient (Wildman–Crippen LogP) is 3.68. The summed E-state index contributed by atoms with van der Waals surface area (Å²) in [5, 5.41) is 19.5. The second-order valence-corrected chi connectivity index (χ2v) is 9.81. The Morgan fingerprint density at radius 1 is 1.22 bits per heavy atom. The third kappa shape index (κ3) is 5.25. The van der Waals surface area contributed by atoms with E-state index in [4.69, 9.17) is 15.7 Å². The number of fused-ring (bicyclic) bond motifs is 1. The number of primary amides is 1. The molecule has 0 saturated carbocycles. The molecule has 10 heteroatoms. The van der Waals surface area contributed by atoms with Gasteiger partial charge in [-0.15, -0.1) is 11.3 Å². The van der Waals surface area contributed by atoms with Crippen LogP contribution in [-0.2, 0) is 6.42 Å². The Morgan fingerprint density at radius 2 is 2.00 bits per heavy atom. The highest BCUT2D eigenvalue weighted by Crippen LogP contribution is 2.31. The molecule has 0 radical (unpaired) electrons. The lowest BCUT2D eigenvalue weighted by Crippen LogP contribution is -2.35. The third-order valence-electron chi connectivity index (χ3n) is 6.40. The van der Waals surface area contributed by atoms with Gasteiger partial charge in [0.2, 0.25) is 5.91 Å². The van der Waals surface area contributed by atoms with Crippen molar-refractivity contribution in [2.45, 2.75) is 46.2 Å². The van der Waals surface area contributed by atoms with Crippen LogP contribution in [0, 0.1) is 0 Å². The number of nitrogens with one attached hydrogen (secondary N) is 1. The number of nitrogens with zero attached hydrogens (tertiary/aromatic N) is 5. The fourth-order valence-electron chi connectivity index (χ4n) is 4.42. The van der Waals surface area contributed by atoms with Crippen LogP contribution in [0.2, 0.25) is 0 Å². The van der Waals surface area contributed by atoms with Gasteiger partial charge in [-0.3, -0.25) is 4.79 Å². The first kappa shape index (κ1) is 25.7. The van der Waals surface area contributed by atoms with E-state index in [1.165, 1.54) is 0 Å². The highest BCUT2D eigenvalue weighted by Gasteiger charge is 2.23. The van der Waals surface area contributed by atoms with Crippen molar-refractivity contribution < 1.29 is 9.90 Å². The zero-order valence-corrected chi connectivity index (χ0v) is 21.9. The number of aliphatic hydroxyl groups is 1. The van der Waals surface area contributed by atoms with E-state index in [-0.39, 0.29) is 18.7 Å². The lowest BCUT2D eigenvalue weighted by atomic mass is 9.98. The number of aliphatic hydroxyl groups excluding tert-OH is 1. The van der Waals surface area contributed by atoms with Crippen molar-refractivity contribution in [3.63, 3.8) is 0 Å². The Kier molecular flexibility index (Phi) is 7.97. The summed E-state index contributed by atoms with van der Waals surface area (Å²) in [6, 6.07) is 7.57. The number of pyridine rings is 1. The van der Waals surface area contributed by atoms with Gasteiger partial charge in [0.05, 0.1) is 34.6 Å². The molecule has 0 aromatic carbocycles. The monoisotopic (exact) mass is 507 g/mol. The number of amides is 1. The van der Waals surface area contributed by atoms with Crippen molar-refractivity contribution in [2.24, 2.45) is 5.73 Å². The van der Waals surface area contributed by atoms with Crippen molar-refractivity contribution in [1.29, 1.82) is 0 Å². The number of hydrogen-bond acceptors (Lipinski definition) is 8. The van der Waals surface area contributed by atoms with Gasteiger partial charge in [0, 0.05) is 29.4 Å². The van der Waals surface area contributed by atoms with E-state index in [1.807, 2.05) is 36.7 Å². The second kappa shape index (κ2) is 11.2. The minimum Gasteiger partial charge on any atom is -0.394 e. The van der Waals surface area contributed by atoms with Gasteiger partial charge in [0.15, 0.2) is 5.65 Å². The maximum Gasteiger partial charge on any atom is 0.249 e. The van der Waals surface area contributed by atoms with E-state index >= 15 is 0 Å². The van der Waals surface area contributed by atoms with Gasteiger partial charge in [-0.25, -0.2) is 14.5 Å². The molecule has 0 saturated heterocycles. The summed E-state index contributed by atoms with van der Waals surface area (Å²) in [5.41, 5.74) is 9.75. The van der Waals surface area contributed by atoms with Gasteiger partial charge in [0.25, 0.3) is 0 Å². The zero-order chi connectivity index (χ0) is 25.8. The first-order chi connectivity index (χ1) is 17.4. The number of nitrogens with two attached hydrogens (primary N) is 1. The molecule has 0 bridgehead atoms. The van der Waals surface area contributed by atoms with Gasteiger partial charge in [-0.1, -0.05) is 19.9 Å². The first-order valence-electron chi connectivity index (χ1n) is 12.2. The van der Waals surface area contributed by atoms with Gasteiger partial charge in [-0.2, -0.15) is 5.10 Å². The van der Waals surface area contributed by atoms with Crippen molar-refractivity contribution >= 4 is 28.7 Å². The summed E-state index contributed by atoms with van der Waals surface area (Å²) in [6.07, 6.45) is 4.15. The maximum absolute atomic E-state index is 12.7. The molecule has 1 amide bonds. The number of carbonyl (C=O) groups excluding carboxylic acids is 1. The minimum absolute atomic E-state index is 0.0781. The lowest BCUT2D eigenvalue weighted by Gasteiger charge is -2.28. The van der Waals surface area contributed by atoms with Crippen LogP contribution in [0.4, 0.5) is 5.82 Å². The number of carbonyl (C=O) groups is 1. The molecule has 4 aromatic heterocycles. The van der Waals surface area contributed by atoms with Crippen molar-refractivity contribution in [3.8, 4) is 21.8 Å². The molecule has 190 valence electrons. The fourth-order valence-corrected chi connectivity index (χ4v) is 5.11. The van der Waals surface area contributed by atoms with Crippen LogP contribution in [0.3, 0.4) is 0 Å². The van der Waals surface area contributed by atoms with Crippen LogP contribution < -0.4 is 11.1 Å². The number of rotatable bonds is 11. The lowest BCUT2D eigenvalue weighted by molar-refractivity contribution is 0.0999. The number of thiophene rings is 1. The molecule has 0 spiro atoms. The van der Waals surface area contributed by atoms with Crippen molar-refractivity contribution in [2.75, 3.05) is 25.0 Å². The summed E-state index contributed by atoms with van der Waals surface area (Å²) in [4.78, 5) is 25.8. The molecular formula is C26H33N7O2S. The average molecular weight is 508 g/mol. The normalized spacial score (nSPS) is 13.3. The number of aromatic nitrogens is 4. The molecule has 0 aliphatic carbocycles. The number of anilines is 1. The van der Waals surface area contributed by atoms with Crippen molar-refractivity contribution in [1.82, 2.24) is 24.5 Å². The van der Waals surface area contributed by atoms with Crippen molar-refractivity contribution in [3.05, 3.63) is 53.2 Å². The molecule has 36 heavy (non-hydrogen) atoms. The Balaban J connectivity index is 1.86. The van der Waals surface area contributed by atoms with E-state index in [2.05, 4.69) is 36.1 Å². The minimum atomic E-state index is -0.524. The Hall–Kier alpha value is -3.34. The summed E-state index contributed by atoms with van der Waals surface area (Å²) in [7, 11) is 0. The van der Waals surface area contributed by atoms with Gasteiger partial charge < -0.3 is 21.1 Å². The molecule has 0 aliphatic rings. The average Bonchev–Trinajstić information content (AvgIpc) is 3.55. The molecular weight excluding hydrogens is 474 g/mol. The Morgan fingerprint density at radius 3 is 2.64 bits per heavy atom. The van der Waals surface area contributed by atoms with Crippen LogP contribution in [-0.4, -0.2) is 67.3 Å². The van der Waals surface area contributed by atoms with Gasteiger partial charge in [0.1, 0.15) is 5.82 Å². The van der Waals surface area contributed by atoms with Crippen LogP contribution in [0.25, 0.3) is 27.5 Å². The van der Waals surface area contributed by atoms with E-state index in [0.717, 1.165) is 29.2 Å². The number of hydrogen-bond donors (Lipinski definition) is 3. The van der Waals surface area contributed by atoms with E-state index in [9.17, 15) is 9.90 Å². The first-order valence-corrected chi connectivity index (χ1v) is 13.1. The maximum atomic E-state index is 12.7. The summed E-state index contributed by atoms with van der Waals surface area (Å²) in [6.45, 7) is 9.94. The Bertz CT molecular complexity index is 1330. The molecule has 0 fully saturated rings. The standard InChI is InChI=1S/C26H33N7O2S/c1-5-32(6-2)17(4)12-19-18(24(27)35)13-22(30-25(19)29-16(3)15-34)20-14-28-33-10-9-21(31-26(20)33)23-8-7-11-36-23/h7-11,13-14,16-17,34H,5-6,12,15H2,1-4H3,(H2,27,35)(H,29,30)/t16-,17+/m1/s1. The van der Waals surface area contributed by atoms with Crippen LogP contribution >= 0.6 is 11.3 Å². The predicted molar refractivity (Wildman–Crippen MR) is 144 cm³/mol. The molecule has 4 heterocycles. The summed E-state index contributed by atoms with van der Waals surface area (Å²) < 4.78 is 1.69. The van der Waals surface area contributed by atoms with Gasteiger partial charge in [-0.05, 0) is 56.9 Å². The molecule has 4 aromatic rings. The Labute approximate surface area is 215 Å². The zero-order valence-electron chi connectivity index (χ0n) is 21.1. The fraction of sp³-hybridized carbons (Fsp3) is 0.385.